The Balaban J connectivity index is 0. The molecule has 0 aliphatic carbocycles. The molecule has 0 amide bonds. The second-order valence-electron chi connectivity index (χ2n) is 1.13. The molecule has 1 atom stereocenters. The van der Waals surface area contributed by atoms with Crippen LogP contribution in [0.3, 0.4) is 0 Å². The first-order valence-electron chi connectivity index (χ1n) is 1.63. The maximum atomic E-state index is 9.57. The number of rotatable bonds is 1. The van der Waals surface area contributed by atoms with Crippen LogP contribution in [0.1, 0.15) is 6.92 Å². The van der Waals surface area contributed by atoms with Crippen molar-refractivity contribution in [1.29, 1.82) is 0 Å². The van der Waals surface area contributed by atoms with Crippen molar-refractivity contribution in [3.63, 3.8) is 0 Å². The average molecular weight is 301 g/mol. The van der Waals surface area contributed by atoms with Gasteiger partial charge < -0.3 is 10.8 Å². The summed E-state index contributed by atoms with van der Waals surface area (Å²) in [7, 11) is 0. The van der Waals surface area contributed by atoms with E-state index in [1.54, 1.807) is 0 Å². The van der Waals surface area contributed by atoms with Crippen molar-refractivity contribution >= 4 is 32.2 Å². The van der Waals surface area contributed by atoms with E-state index in [-0.39, 0.29) is 26.2 Å². The Labute approximate surface area is 61.0 Å². The molecule has 0 aromatic carbocycles. The van der Waals surface area contributed by atoms with E-state index in [2.05, 4.69) is 0 Å². The topological polar surface area (TPSA) is 63.3 Å². The van der Waals surface area contributed by atoms with Gasteiger partial charge in [0.2, 0.25) is 0 Å². The first kappa shape index (κ1) is 10.3. The third-order valence-corrected chi connectivity index (χ3v) is 0.390. The van der Waals surface area contributed by atoms with E-state index in [1.165, 1.54) is 6.92 Å². The average Bonchev–Trinajstić information content (AvgIpc) is 1.36. The first-order valence-corrected chi connectivity index (χ1v) is 1.63. The number of carboxylic acids is 1. The van der Waals surface area contributed by atoms with Crippen molar-refractivity contribution in [2.45, 2.75) is 13.0 Å². The summed E-state index contributed by atoms with van der Waals surface area (Å²) in [6.45, 7) is 1.42. The van der Waals surface area contributed by atoms with Crippen LogP contribution < -0.4 is 5.73 Å². The number of hydrogen-bond donors (Lipinski definition) is 2. The van der Waals surface area contributed by atoms with Crippen molar-refractivity contribution < 1.29 is 9.90 Å². The normalized spacial score (nSPS) is 11.7. The van der Waals surface area contributed by atoms with Crippen molar-refractivity contribution in [2.75, 3.05) is 0 Å². The summed E-state index contributed by atoms with van der Waals surface area (Å²) < 4.78 is 0. The fourth-order valence-corrected chi connectivity index (χ4v) is 0. The third kappa shape index (κ3) is 6.31. The summed E-state index contributed by atoms with van der Waals surface area (Å²) in [5, 5.41) is 7.87. The van der Waals surface area contributed by atoms with Crippen LogP contribution in [0.2, 0.25) is 0 Å². The maximum absolute atomic E-state index is 9.57. The van der Waals surface area contributed by atoms with Gasteiger partial charge in [0.05, 0.1) is 0 Å². The molecule has 0 aliphatic rings. The Hall–Kier alpha value is 0.313. The van der Waals surface area contributed by atoms with Crippen LogP contribution in [0, 0.1) is 0 Å². The zero-order valence-corrected chi connectivity index (χ0v) is 9.71. The predicted octanol–water partition coefficient (Wildman–Crippen LogP) is -1.77. The van der Waals surface area contributed by atoms with Gasteiger partial charge in [-0.3, -0.25) is 4.79 Å². The number of aliphatic carboxylic acids is 1. The number of carboxylic acid groups (broad SMARTS) is 1. The van der Waals surface area contributed by atoms with Gasteiger partial charge in [-0.1, -0.05) is 0 Å². The molecule has 0 heterocycles. The molecule has 0 aromatic rings. The number of carbonyl (C=O) groups is 1. The fraction of sp³-hybridized carbons (Fsp3) is 0.667. The summed E-state index contributed by atoms with van der Waals surface area (Å²) in [4.78, 5) is 9.57. The van der Waals surface area contributed by atoms with Crippen LogP contribution in [0.25, 0.3) is 0 Å². The third-order valence-electron chi connectivity index (χ3n) is 0.390. The zero-order chi connectivity index (χ0) is 5.15. The van der Waals surface area contributed by atoms with E-state index in [4.69, 9.17) is 10.8 Å². The molecule has 0 radical (unpaired) electrons. The van der Waals surface area contributed by atoms with Gasteiger partial charge >= 0.3 is 32.2 Å². The Bertz CT molecular complexity index is 64.0. The fourth-order valence-electron chi connectivity index (χ4n) is 0. The Kier molecular flexibility index (Phi) is 6.60. The van der Waals surface area contributed by atoms with Gasteiger partial charge in [-0.25, -0.2) is 0 Å². The number of nitrogens with two attached hydrogens (primary N) is 1. The zero-order valence-electron chi connectivity index (χ0n) is 4.22. The van der Waals surface area contributed by atoms with Gasteiger partial charge in [0.15, 0.2) is 0 Å². The Morgan fingerprint density at radius 1 is 1.86 bits per heavy atom. The standard InChI is InChI=1S/C3H7NO2.Bi.3H/c1-2(4)3(5)6;;;;/h2H,4H2,1H3,(H,5,6);;;;. The second-order valence-corrected chi connectivity index (χ2v) is 1.13. The minimum atomic E-state index is -0.963. The molecular weight excluding hydrogens is 291 g/mol. The summed E-state index contributed by atoms with van der Waals surface area (Å²) in [6, 6.07) is -0.731. The number of hydrogen-bond acceptors (Lipinski definition) is 2. The molecule has 0 bridgehead atoms. The van der Waals surface area contributed by atoms with Gasteiger partial charge in [0, 0.05) is 0 Å². The van der Waals surface area contributed by atoms with E-state index in [9.17, 15) is 4.79 Å². The van der Waals surface area contributed by atoms with Crippen molar-refractivity contribution in [3.8, 4) is 0 Å². The molecule has 3 nitrogen and oxygen atoms in total. The molecule has 0 fully saturated rings. The molecule has 0 aromatic heterocycles. The van der Waals surface area contributed by atoms with Gasteiger partial charge in [-0.05, 0) is 6.92 Å². The van der Waals surface area contributed by atoms with Crippen LogP contribution >= 0.6 is 0 Å². The van der Waals surface area contributed by atoms with E-state index < -0.39 is 12.0 Å². The Morgan fingerprint density at radius 2 is 2.00 bits per heavy atom. The molecule has 7 heavy (non-hydrogen) atoms. The van der Waals surface area contributed by atoms with E-state index >= 15 is 0 Å². The van der Waals surface area contributed by atoms with E-state index in [0.717, 1.165) is 0 Å². The molecule has 1 unspecified atom stereocenters. The molecule has 0 saturated carbocycles. The van der Waals surface area contributed by atoms with E-state index in [1.807, 2.05) is 0 Å². The van der Waals surface area contributed by atoms with Gasteiger partial charge in [0.1, 0.15) is 6.04 Å². The molecule has 4 heteroatoms. The van der Waals surface area contributed by atoms with E-state index in [0.29, 0.717) is 0 Å². The van der Waals surface area contributed by atoms with Crippen molar-refractivity contribution in [2.24, 2.45) is 5.73 Å². The van der Waals surface area contributed by atoms with Crippen LogP contribution in [0.4, 0.5) is 0 Å². The molecule has 0 spiro atoms. The van der Waals surface area contributed by atoms with Gasteiger partial charge in [0.25, 0.3) is 0 Å². The molecule has 0 saturated heterocycles. The summed E-state index contributed by atoms with van der Waals surface area (Å²) >= 11 is 0. The van der Waals surface area contributed by atoms with Crippen LogP contribution in [-0.4, -0.2) is 43.3 Å². The molecular formula is C3H10BiNO2. The predicted molar refractivity (Wildman–Crippen MR) is 31.2 cm³/mol. The van der Waals surface area contributed by atoms with Crippen LogP contribution in [-0.2, 0) is 4.79 Å². The molecule has 0 rings (SSSR count). The summed E-state index contributed by atoms with van der Waals surface area (Å²) in [5.74, 6) is -0.963. The SMILES string of the molecule is CC(N)C(=O)O.[BiH3]. The second kappa shape index (κ2) is 4.47. The monoisotopic (exact) mass is 301 g/mol. The minimum absolute atomic E-state index is 0. The van der Waals surface area contributed by atoms with Crippen LogP contribution in [0.5, 0.6) is 0 Å². The molecule has 0 aliphatic heterocycles. The molecule has 44 valence electrons. The van der Waals surface area contributed by atoms with Gasteiger partial charge in [-0.2, -0.15) is 0 Å². The molecule has 3 N–H and O–H groups in total. The summed E-state index contributed by atoms with van der Waals surface area (Å²) in [5.41, 5.74) is 4.84. The van der Waals surface area contributed by atoms with Crippen LogP contribution in [0.15, 0.2) is 0 Å². The quantitative estimate of drug-likeness (QED) is 0.564. The van der Waals surface area contributed by atoms with Gasteiger partial charge in [-0.15, -0.1) is 0 Å². The van der Waals surface area contributed by atoms with Crippen molar-refractivity contribution in [1.82, 2.24) is 0 Å². The first-order chi connectivity index (χ1) is 2.64. The summed E-state index contributed by atoms with van der Waals surface area (Å²) in [6.07, 6.45) is 0. The Morgan fingerprint density at radius 3 is 2.00 bits per heavy atom. The van der Waals surface area contributed by atoms with Crippen molar-refractivity contribution in [3.05, 3.63) is 0 Å².